The molecule has 0 fully saturated rings. The van der Waals surface area contributed by atoms with Gasteiger partial charge in [-0.25, -0.2) is 14.1 Å². The highest BCUT2D eigenvalue weighted by Gasteiger charge is 2.06. The molecule has 0 unspecified atom stereocenters. The van der Waals surface area contributed by atoms with Gasteiger partial charge in [0.25, 0.3) is 0 Å². The fraction of sp³-hybridized carbons (Fsp3) is 0.385. The molecule has 1 heterocycles. The number of halogens is 1. The van der Waals surface area contributed by atoms with Gasteiger partial charge in [-0.05, 0) is 36.7 Å². The van der Waals surface area contributed by atoms with Crippen molar-refractivity contribution < 1.29 is 4.39 Å². The van der Waals surface area contributed by atoms with Crippen LogP contribution in [0.5, 0.6) is 0 Å². The van der Waals surface area contributed by atoms with Crippen molar-refractivity contribution in [1.29, 1.82) is 0 Å². The first kappa shape index (κ1) is 14.0. The van der Waals surface area contributed by atoms with Gasteiger partial charge in [0.2, 0.25) is 0 Å². The predicted molar refractivity (Wildman–Crippen MR) is 73.5 cm³/mol. The van der Waals surface area contributed by atoms with E-state index >= 15 is 0 Å². The Bertz CT molecular complexity index is 541. The Morgan fingerprint density at radius 2 is 2.21 bits per heavy atom. The molecule has 0 spiro atoms. The van der Waals surface area contributed by atoms with Gasteiger partial charge in [-0.15, -0.1) is 0 Å². The number of hydrogen-bond donors (Lipinski definition) is 1. The first-order valence-electron chi connectivity index (χ1n) is 6.21. The molecule has 0 aliphatic carbocycles. The zero-order chi connectivity index (χ0) is 13.7. The van der Waals surface area contributed by atoms with E-state index in [-0.39, 0.29) is 5.82 Å². The van der Waals surface area contributed by atoms with E-state index in [4.69, 9.17) is 0 Å². The van der Waals surface area contributed by atoms with Crippen molar-refractivity contribution >= 4 is 11.8 Å². The largest absolute Gasteiger partial charge is 0.313 e. The summed E-state index contributed by atoms with van der Waals surface area (Å²) in [4.78, 5) is 4.96. The van der Waals surface area contributed by atoms with E-state index in [2.05, 4.69) is 22.3 Å². The molecule has 0 aliphatic rings. The minimum absolute atomic E-state index is 0.222. The third-order valence-electron chi connectivity index (χ3n) is 2.57. The molecule has 1 aromatic carbocycles. The van der Waals surface area contributed by atoms with E-state index in [0.717, 1.165) is 28.6 Å². The molecule has 1 aromatic heterocycles. The lowest BCUT2D eigenvalue weighted by atomic mass is 10.2. The zero-order valence-corrected chi connectivity index (χ0v) is 11.9. The second-order valence-electron chi connectivity index (χ2n) is 4.24. The fourth-order valence-electron chi connectivity index (χ4n) is 1.67. The van der Waals surface area contributed by atoms with Crippen molar-refractivity contribution in [3.63, 3.8) is 0 Å². The molecular formula is C13H17FN4S. The molecule has 19 heavy (non-hydrogen) atoms. The summed E-state index contributed by atoms with van der Waals surface area (Å²) in [5, 5.41) is 8.01. The lowest BCUT2D eigenvalue weighted by molar-refractivity contribution is 0.614. The highest BCUT2D eigenvalue weighted by atomic mass is 32.2. The van der Waals surface area contributed by atoms with Gasteiger partial charge in [-0.1, -0.05) is 18.7 Å². The summed E-state index contributed by atoms with van der Waals surface area (Å²) in [6, 6.07) is 5.05. The van der Waals surface area contributed by atoms with Gasteiger partial charge < -0.3 is 5.32 Å². The second-order valence-corrected chi connectivity index (χ2v) is 5.28. The molecule has 0 amide bonds. The van der Waals surface area contributed by atoms with Gasteiger partial charge in [0.15, 0.2) is 5.16 Å². The molecule has 0 bridgehead atoms. The van der Waals surface area contributed by atoms with E-state index < -0.39 is 0 Å². The maximum Gasteiger partial charge on any atom is 0.190 e. The summed E-state index contributed by atoms with van der Waals surface area (Å²) in [5.74, 6) is -0.222. The average Bonchev–Trinajstić information content (AvgIpc) is 2.75. The van der Waals surface area contributed by atoms with Crippen LogP contribution in [0.2, 0.25) is 0 Å². The molecule has 0 saturated carbocycles. The number of benzene rings is 1. The van der Waals surface area contributed by atoms with Crippen LogP contribution in [0.15, 0.2) is 34.6 Å². The van der Waals surface area contributed by atoms with Crippen LogP contribution in [0.25, 0.3) is 0 Å². The Balaban J connectivity index is 2.10. The summed E-state index contributed by atoms with van der Waals surface area (Å²) < 4.78 is 15.3. The van der Waals surface area contributed by atoms with E-state index in [0.29, 0.717) is 6.54 Å². The van der Waals surface area contributed by atoms with Crippen LogP contribution in [0.1, 0.15) is 18.9 Å². The SMILES string of the molecule is CCCNCc1cc(F)cc(Sc2ncnn2C)c1. The van der Waals surface area contributed by atoms with Crippen molar-refractivity contribution in [3.8, 4) is 0 Å². The number of nitrogens with zero attached hydrogens (tertiary/aromatic N) is 3. The molecule has 0 saturated heterocycles. The van der Waals surface area contributed by atoms with E-state index in [9.17, 15) is 4.39 Å². The lowest BCUT2D eigenvalue weighted by Crippen LogP contribution is -2.13. The van der Waals surface area contributed by atoms with Crippen molar-refractivity contribution in [2.75, 3.05) is 6.54 Å². The first-order chi connectivity index (χ1) is 9.19. The van der Waals surface area contributed by atoms with Crippen LogP contribution in [0.4, 0.5) is 4.39 Å². The third-order valence-corrected chi connectivity index (χ3v) is 3.59. The molecule has 2 aromatic rings. The number of rotatable bonds is 6. The van der Waals surface area contributed by atoms with E-state index in [1.807, 2.05) is 13.1 Å². The molecule has 102 valence electrons. The summed E-state index contributed by atoms with van der Waals surface area (Å²) in [7, 11) is 1.82. The maximum absolute atomic E-state index is 13.6. The van der Waals surface area contributed by atoms with Crippen molar-refractivity contribution in [1.82, 2.24) is 20.1 Å². The van der Waals surface area contributed by atoms with Crippen LogP contribution in [0, 0.1) is 5.82 Å². The predicted octanol–water partition coefficient (Wildman–Crippen LogP) is 2.61. The summed E-state index contributed by atoms with van der Waals surface area (Å²) in [6.45, 7) is 3.72. The average molecular weight is 280 g/mol. The van der Waals surface area contributed by atoms with Crippen LogP contribution in [0.3, 0.4) is 0 Å². The molecule has 0 atom stereocenters. The maximum atomic E-state index is 13.6. The normalized spacial score (nSPS) is 10.9. The van der Waals surface area contributed by atoms with Gasteiger partial charge in [0.05, 0.1) is 0 Å². The van der Waals surface area contributed by atoms with Crippen molar-refractivity contribution in [2.45, 2.75) is 29.9 Å². The fourth-order valence-corrected chi connectivity index (χ4v) is 2.55. The highest BCUT2D eigenvalue weighted by molar-refractivity contribution is 7.99. The monoisotopic (exact) mass is 280 g/mol. The Kier molecular flexibility index (Phi) is 4.93. The van der Waals surface area contributed by atoms with Crippen LogP contribution < -0.4 is 5.32 Å². The summed E-state index contributed by atoms with van der Waals surface area (Å²) in [6.07, 6.45) is 2.56. The number of nitrogens with one attached hydrogen (secondary N) is 1. The van der Waals surface area contributed by atoms with Gasteiger partial charge >= 0.3 is 0 Å². The quantitative estimate of drug-likeness (QED) is 0.826. The molecule has 4 nitrogen and oxygen atoms in total. The van der Waals surface area contributed by atoms with E-state index in [1.165, 1.54) is 24.2 Å². The molecular weight excluding hydrogens is 263 g/mol. The van der Waals surface area contributed by atoms with Gasteiger partial charge in [0.1, 0.15) is 12.1 Å². The minimum Gasteiger partial charge on any atom is -0.313 e. The zero-order valence-electron chi connectivity index (χ0n) is 11.1. The first-order valence-corrected chi connectivity index (χ1v) is 7.02. The van der Waals surface area contributed by atoms with Crippen LogP contribution in [-0.2, 0) is 13.6 Å². The van der Waals surface area contributed by atoms with Crippen molar-refractivity contribution in [3.05, 3.63) is 35.9 Å². The van der Waals surface area contributed by atoms with Gasteiger partial charge in [-0.3, -0.25) is 0 Å². The molecule has 0 aliphatic heterocycles. The van der Waals surface area contributed by atoms with Gasteiger partial charge in [0, 0.05) is 18.5 Å². The smallest absolute Gasteiger partial charge is 0.190 e. The lowest BCUT2D eigenvalue weighted by Gasteiger charge is -2.06. The second kappa shape index (κ2) is 6.68. The molecule has 1 N–H and O–H groups in total. The highest BCUT2D eigenvalue weighted by Crippen LogP contribution is 2.26. The Morgan fingerprint density at radius 3 is 2.89 bits per heavy atom. The number of aryl methyl sites for hydroxylation is 1. The van der Waals surface area contributed by atoms with Crippen molar-refractivity contribution in [2.24, 2.45) is 7.05 Å². The third kappa shape index (κ3) is 4.04. The van der Waals surface area contributed by atoms with Gasteiger partial charge in [-0.2, -0.15) is 5.10 Å². The minimum atomic E-state index is -0.222. The molecule has 0 radical (unpaired) electrons. The molecule has 6 heteroatoms. The Hall–Kier alpha value is -1.40. The topological polar surface area (TPSA) is 42.7 Å². The van der Waals surface area contributed by atoms with E-state index in [1.54, 1.807) is 10.7 Å². The number of aromatic nitrogens is 3. The molecule has 2 rings (SSSR count). The Labute approximate surface area is 116 Å². The summed E-state index contributed by atoms with van der Waals surface area (Å²) in [5.41, 5.74) is 0.943. The number of hydrogen-bond acceptors (Lipinski definition) is 4. The standard InChI is InChI=1S/C13H17FN4S/c1-3-4-15-8-10-5-11(14)7-12(6-10)19-13-16-9-17-18(13)2/h5-7,9,15H,3-4,8H2,1-2H3. The Morgan fingerprint density at radius 1 is 1.37 bits per heavy atom. The van der Waals surface area contributed by atoms with Crippen LogP contribution in [-0.4, -0.2) is 21.3 Å². The van der Waals surface area contributed by atoms with Crippen LogP contribution >= 0.6 is 11.8 Å². The summed E-state index contributed by atoms with van der Waals surface area (Å²) >= 11 is 1.41.